The Hall–Kier alpha value is -2.23. The van der Waals surface area contributed by atoms with E-state index in [2.05, 4.69) is 0 Å². The van der Waals surface area contributed by atoms with Crippen LogP contribution in [0.15, 0.2) is 53.4 Å². The minimum atomic E-state index is -3.96. The van der Waals surface area contributed by atoms with Crippen molar-refractivity contribution < 1.29 is 17.6 Å². The van der Waals surface area contributed by atoms with Crippen LogP contribution in [0.2, 0.25) is 5.02 Å². The van der Waals surface area contributed by atoms with Crippen LogP contribution in [0.25, 0.3) is 0 Å². The molecule has 0 aromatic heterocycles. The van der Waals surface area contributed by atoms with Gasteiger partial charge in [-0.15, -0.1) is 0 Å². The highest BCUT2D eigenvalue weighted by Crippen LogP contribution is 2.62. The molecule has 1 aliphatic carbocycles. The van der Waals surface area contributed by atoms with Gasteiger partial charge in [0.2, 0.25) is 0 Å². The summed E-state index contributed by atoms with van der Waals surface area (Å²) in [5.41, 5.74) is -1.40. The fraction of sp³-hybridized carbons (Fsp3) is 0.176. The predicted molar refractivity (Wildman–Crippen MR) is 85.7 cm³/mol. The van der Waals surface area contributed by atoms with Gasteiger partial charge in [-0.25, -0.2) is 12.8 Å². The van der Waals surface area contributed by atoms with Crippen molar-refractivity contribution in [3.8, 4) is 6.07 Å². The molecule has 0 bridgehead atoms. The van der Waals surface area contributed by atoms with Gasteiger partial charge in [0.1, 0.15) is 22.8 Å². The summed E-state index contributed by atoms with van der Waals surface area (Å²) in [6, 6.07) is 12.6. The molecule has 0 radical (unpaired) electrons. The molecular formula is C17H11ClFNO3S. The van der Waals surface area contributed by atoms with E-state index in [-0.39, 0.29) is 4.90 Å². The standard InChI is InChI=1S/C17H11ClFNO3S/c18-12-4-6-14(7-5-12)24(22,23)16-15(17(16,9-20)10-21)11-2-1-3-13(19)8-11/h1-8,10,15-16H/t15-,16-,17+/m0/s1. The Bertz CT molecular complexity index is 953. The van der Waals surface area contributed by atoms with E-state index in [1.165, 1.54) is 42.5 Å². The van der Waals surface area contributed by atoms with E-state index in [1.807, 2.05) is 6.07 Å². The molecule has 0 heterocycles. The number of halogens is 2. The number of benzene rings is 2. The SMILES string of the molecule is N#C[C@@]1(C=O)[C@@H](c2cccc(F)c2)[C@@H]1S(=O)(=O)c1ccc(Cl)cc1. The molecule has 7 heteroatoms. The molecule has 3 atom stereocenters. The largest absolute Gasteiger partial charge is 0.302 e. The molecule has 3 rings (SSSR count). The summed E-state index contributed by atoms with van der Waals surface area (Å²) in [6.45, 7) is 0. The van der Waals surface area contributed by atoms with Crippen LogP contribution in [0.1, 0.15) is 11.5 Å². The number of aldehydes is 1. The van der Waals surface area contributed by atoms with Crippen LogP contribution in [-0.4, -0.2) is 20.0 Å². The Morgan fingerprint density at radius 3 is 2.42 bits per heavy atom. The van der Waals surface area contributed by atoms with Gasteiger partial charge in [0.15, 0.2) is 9.84 Å². The maximum Gasteiger partial charge on any atom is 0.183 e. The number of hydrogen-bond donors (Lipinski definition) is 0. The average Bonchev–Trinajstić information content (AvgIpc) is 3.26. The van der Waals surface area contributed by atoms with Crippen molar-refractivity contribution in [3.05, 3.63) is 64.9 Å². The van der Waals surface area contributed by atoms with Crippen LogP contribution in [0.3, 0.4) is 0 Å². The van der Waals surface area contributed by atoms with Crippen LogP contribution in [0.5, 0.6) is 0 Å². The van der Waals surface area contributed by atoms with Gasteiger partial charge in [-0.3, -0.25) is 0 Å². The molecule has 0 aliphatic heterocycles. The molecule has 24 heavy (non-hydrogen) atoms. The Morgan fingerprint density at radius 1 is 1.21 bits per heavy atom. The van der Waals surface area contributed by atoms with E-state index >= 15 is 0 Å². The number of hydrogen-bond acceptors (Lipinski definition) is 4. The highest BCUT2D eigenvalue weighted by Gasteiger charge is 2.72. The van der Waals surface area contributed by atoms with Gasteiger partial charge in [-0.05, 0) is 42.0 Å². The molecule has 122 valence electrons. The smallest absolute Gasteiger partial charge is 0.183 e. The summed E-state index contributed by atoms with van der Waals surface area (Å²) in [7, 11) is -3.96. The van der Waals surface area contributed by atoms with E-state index in [0.29, 0.717) is 16.9 Å². The second kappa shape index (κ2) is 5.69. The molecule has 2 aromatic rings. The van der Waals surface area contributed by atoms with Crippen LogP contribution in [0, 0.1) is 22.6 Å². The van der Waals surface area contributed by atoms with E-state index in [1.54, 1.807) is 0 Å². The molecular weight excluding hydrogens is 353 g/mol. The van der Waals surface area contributed by atoms with Crippen molar-refractivity contribution in [2.24, 2.45) is 5.41 Å². The maximum absolute atomic E-state index is 13.5. The summed E-state index contributed by atoms with van der Waals surface area (Å²) in [4.78, 5) is 11.5. The summed E-state index contributed by atoms with van der Waals surface area (Å²) in [6.07, 6.45) is 0.348. The molecule has 0 amide bonds. The highest BCUT2D eigenvalue weighted by atomic mass is 35.5. The lowest BCUT2D eigenvalue weighted by atomic mass is 10.0. The number of nitrogens with zero attached hydrogens (tertiary/aromatic N) is 1. The fourth-order valence-corrected chi connectivity index (χ4v) is 5.40. The lowest BCUT2D eigenvalue weighted by molar-refractivity contribution is -0.110. The third-order valence-electron chi connectivity index (χ3n) is 4.25. The highest BCUT2D eigenvalue weighted by molar-refractivity contribution is 7.92. The first-order valence-electron chi connectivity index (χ1n) is 6.99. The van der Waals surface area contributed by atoms with Crippen LogP contribution in [0.4, 0.5) is 4.39 Å². The van der Waals surface area contributed by atoms with E-state index in [9.17, 15) is 22.9 Å². The molecule has 0 N–H and O–H groups in total. The summed E-state index contributed by atoms with van der Waals surface area (Å²) in [5.74, 6) is -1.46. The van der Waals surface area contributed by atoms with Gasteiger partial charge in [0.05, 0.1) is 11.0 Å². The second-order valence-electron chi connectivity index (χ2n) is 5.61. The van der Waals surface area contributed by atoms with Crippen LogP contribution < -0.4 is 0 Å². The first-order valence-corrected chi connectivity index (χ1v) is 8.92. The number of carbonyl (C=O) groups excluding carboxylic acids is 1. The molecule has 0 saturated heterocycles. The van der Waals surface area contributed by atoms with Gasteiger partial charge >= 0.3 is 0 Å². The topological polar surface area (TPSA) is 75.0 Å². The third-order valence-corrected chi connectivity index (χ3v) is 6.76. The molecule has 4 nitrogen and oxygen atoms in total. The number of nitriles is 1. The van der Waals surface area contributed by atoms with Crippen molar-refractivity contribution >= 4 is 27.7 Å². The quantitative estimate of drug-likeness (QED) is 0.782. The monoisotopic (exact) mass is 363 g/mol. The van der Waals surface area contributed by atoms with Crippen LogP contribution in [-0.2, 0) is 14.6 Å². The normalized spacial score (nSPS) is 25.7. The zero-order chi connectivity index (χ0) is 17.5. The van der Waals surface area contributed by atoms with Crippen molar-refractivity contribution in [1.82, 2.24) is 0 Å². The Balaban J connectivity index is 2.10. The Labute approximate surface area is 143 Å². The summed E-state index contributed by atoms with van der Waals surface area (Å²) < 4.78 is 39.2. The van der Waals surface area contributed by atoms with Gasteiger partial charge in [0, 0.05) is 10.9 Å². The summed E-state index contributed by atoms with van der Waals surface area (Å²) in [5, 5.41) is 8.54. The van der Waals surface area contributed by atoms with E-state index in [4.69, 9.17) is 11.6 Å². The number of carbonyl (C=O) groups is 1. The molecule has 1 aliphatic rings. The third kappa shape index (κ3) is 2.41. The van der Waals surface area contributed by atoms with Gasteiger partial charge in [-0.1, -0.05) is 23.7 Å². The van der Waals surface area contributed by atoms with Gasteiger partial charge in [0.25, 0.3) is 0 Å². The molecule has 0 unspecified atom stereocenters. The minimum absolute atomic E-state index is 0.0303. The number of sulfone groups is 1. The van der Waals surface area contributed by atoms with E-state index < -0.39 is 32.2 Å². The van der Waals surface area contributed by atoms with E-state index in [0.717, 1.165) is 6.07 Å². The molecule has 1 saturated carbocycles. The first kappa shape index (κ1) is 16.6. The van der Waals surface area contributed by atoms with Crippen LogP contribution >= 0.6 is 11.6 Å². The lowest BCUT2D eigenvalue weighted by Gasteiger charge is -2.04. The van der Waals surface area contributed by atoms with Crippen molar-refractivity contribution in [1.29, 1.82) is 5.26 Å². The molecule has 2 aromatic carbocycles. The minimum Gasteiger partial charge on any atom is -0.302 e. The van der Waals surface area contributed by atoms with Gasteiger partial charge < -0.3 is 4.79 Å². The first-order chi connectivity index (χ1) is 11.4. The molecule has 0 spiro atoms. The Morgan fingerprint density at radius 2 is 1.88 bits per heavy atom. The predicted octanol–water partition coefficient (Wildman–Crippen LogP) is 3.13. The van der Waals surface area contributed by atoms with Crippen molar-refractivity contribution in [2.75, 3.05) is 0 Å². The molecule has 1 fully saturated rings. The van der Waals surface area contributed by atoms with Crippen molar-refractivity contribution in [3.63, 3.8) is 0 Å². The van der Waals surface area contributed by atoms with Gasteiger partial charge in [-0.2, -0.15) is 5.26 Å². The Kier molecular flexibility index (Phi) is 3.94. The number of rotatable bonds is 4. The lowest BCUT2D eigenvalue weighted by Crippen LogP contribution is -2.16. The zero-order valence-electron chi connectivity index (χ0n) is 12.2. The zero-order valence-corrected chi connectivity index (χ0v) is 13.8. The second-order valence-corrected chi connectivity index (χ2v) is 8.12. The summed E-state index contributed by atoms with van der Waals surface area (Å²) >= 11 is 5.76. The maximum atomic E-state index is 13.5. The average molecular weight is 364 g/mol. The fourth-order valence-electron chi connectivity index (χ4n) is 3.03. The van der Waals surface area contributed by atoms with Crippen molar-refractivity contribution in [2.45, 2.75) is 16.1 Å².